The predicted molar refractivity (Wildman–Crippen MR) is 42.5 cm³/mol. The zero-order valence-corrected chi connectivity index (χ0v) is 6.29. The summed E-state index contributed by atoms with van der Waals surface area (Å²) in [6, 6.07) is 0. The summed E-state index contributed by atoms with van der Waals surface area (Å²) in [5.74, 6) is 2.51. The van der Waals surface area contributed by atoms with E-state index in [-0.39, 0.29) is 0 Å². The molecule has 3 aliphatic rings. The molecule has 56 valence electrons. The van der Waals surface area contributed by atoms with Gasteiger partial charge >= 0.3 is 0 Å². The molecule has 2 bridgehead atoms. The van der Waals surface area contributed by atoms with Crippen LogP contribution in [0.15, 0.2) is 12.2 Å². The van der Waals surface area contributed by atoms with E-state index in [1.54, 1.807) is 0 Å². The van der Waals surface area contributed by atoms with Crippen molar-refractivity contribution < 1.29 is 0 Å². The molecule has 0 aromatic carbocycles. The monoisotopic (exact) mass is 137 g/mol. The summed E-state index contributed by atoms with van der Waals surface area (Å²) >= 11 is 0. The summed E-state index contributed by atoms with van der Waals surface area (Å²) in [4.78, 5) is 0. The zero-order valence-electron chi connectivity index (χ0n) is 6.29. The first-order valence-corrected chi connectivity index (χ1v) is 4.28. The van der Waals surface area contributed by atoms with Crippen LogP contribution in [-0.2, 0) is 0 Å². The molecule has 0 heterocycles. The lowest BCUT2D eigenvalue weighted by Gasteiger charge is -2.37. The molecule has 1 nitrogen and oxygen atoms in total. The number of nitrogens with two attached hydrogens (primary N) is 1. The molecule has 0 aliphatic heterocycles. The first-order valence-electron chi connectivity index (χ1n) is 4.28. The third-order valence-electron chi connectivity index (χ3n) is 3.02. The average Bonchev–Trinajstić information content (AvgIpc) is 2.06. The molecule has 2 N–H and O–H groups in total. The molecule has 0 aromatic rings. The van der Waals surface area contributed by atoms with E-state index in [1.165, 1.54) is 19.3 Å². The van der Waals surface area contributed by atoms with Gasteiger partial charge in [0.1, 0.15) is 0 Å². The smallest absolute Gasteiger partial charge is 0.00430 e. The van der Waals surface area contributed by atoms with E-state index in [9.17, 15) is 0 Å². The third kappa shape index (κ3) is 0.891. The van der Waals surface area contributed by atoms with Gasteiger partial charge in [0.2, 0.25) is 0 Å². The molecule has 3 aliphatic carbocycles. The normalized spacial score (nSPS) is 44.3. The molecule has 1 saturated carbocycles. The van der Waals surface area contributed by atoms with Crippen molar-refractivity contribution in [1.29, 1.82) is 0 Å². The molecule has 0 aromatic heterocycles. The Morgan fingerprint density at radius 1 is 1.30 bits per heavy atom. The van der Waals surface area contributed by atoms with Crippen LogP contribution >= 0.6 is 0 Å². The highest BCUT2D eigenvalue weighted by Crippen LogP contribution is 2.39. The van der Waals surface area contributed by atoms with Crippen molar-refractivity contribution >= 4 is 0 Å². The highest BCUT2D eigenvalue weighted by Gasteiger charge is 2.30. The highest BCUT2D eigenvalue weighted by atomic mass is 14.6. The van der Waals surface area contributed by atoms with Crippen molar-refractivity contribution in [3.05, 3.63) is 12.2 Å². The predicted octanol–water partition coefficient (Wildman–Crippen LogP) is 1.55. The van der Waals surface area contributed by atoms with E-state index in [1.807, 2.05) is 0 Å². The van der Waals surface area contributed by atoms with E-state index >= 15 is 0 Å². The summed E-state index contributed by atoms with van der Waals surface area (Å²) in [5, 5.41) is 0. The minimum atomic E-state index is 0.809. The number of allylic oxidation sites excluding steroid dienone is 2. The Bertz CT molecular complexity index is 151. The Morgan fingerprint density at radius 3 is 2.50 bits per heavy atom. The molecule has 3 atom stereocenters. The molecule has 0 amide bonds. The van der Waals surface area contributed by atoms with Crippen molar-refractivity contribution in [1.82, 2.24) is 0 Å². The van der Waals surface area contributed by atoms with Crippen LogP contribution in [0.3, 0.4) is 0 Å². The molecular formula is C9H15N. The first kappa shape index (κ1) is 6.41. The van der Waals surface area contributed by atoms with Gasteiger partial charge in [-0.3, -0.25) is 0 Å². The quantitative estimate of drug-likeness (QED) is 0.545. The number of rotatable bonds is 1. The van der Waals surface area contributed by atoms with E-state index < -0.39 is 0 Å². The van der Waals surface area contributed by atoms with E-state index in [0.29, 0.717) is 0 Å². The fourth-order valence-corrected chi connectivity index (χ4v) is 2.32. The van der Waals surface area contributed by atoms with Crippen LogP contribution in [0.4, 0.5) is 0 Å². The Labute approximate surface area is 62.3 Å². The largest absolute Gasteiger partial charge is 0.330 e. The van der Waals surface area contributed by atoms with Crippen LogP contribution in [0.2, 0.25) is 0 Å². The molecule has 0 spiro atoms. The van der Waals surface area contributed by atoms with Gasteiger partial charge in [0.05, 0.1) is 0 Å². The van der Waals surface area contributed by atoms with Crippen LogP contribution < -0.4 is 5.73 Å². The van der Waals surface area contributed by atoms with Gasteiger partial charge in [-0.1, -0.05) is 12.2 Å². The minimum Gasteiger partial charge on any atom is -0.330 e. The summed E-state index contributed by atoms with van der Waals surface area (Å²) < 4.78 is 0. The number of fused-ring (bicyclic) bond motifs is 2. The Morgan fingerprint density at radius 2 is 2.20 bits per heavy atom. The number of hydrogen-bond acceptors (Lipinski definition) is 1. The first-order chi connectivity index (χ1) is 4.90. The maximum atomic E-state index is 5.66. The fraction of sp³-hybridized carbons (Fsp3) is 0.778. The van der Waals surface area contributed by atoms with Gasteiger partial charge in [-0.05, 0) is 43.6 Å². The average molecular weight is 137 g/mol. The molecule has 0 saturated heterocycles. The molecular weight excluding hydrogens is 122 g/mol. The lowest BCUT2D eigenvalue weighted by molar-refractivity contribution is 0.227. The second-order valence-corrected chi connectivity index (χ2v) is 3.62. The Hall–Kier alpha value is -0.300. The van der Waals surface area contributed by atoms with Crippen LogP contribution in [0, 0.1) is 17.8 Å². The Balaban J connectivity index is 2.11. The summed E-state index contributed by atoms with van der Waals surface area (Å²) in [5.41, 5.74) is 5.66. The second-order valence-electron chi connectivity index (χ2n) is 3.62. The van der Waals surface area contributed by atoms with Gasteiger partial charge in [0, 0.05) is 0 Å². The van der Waals surface area contributed by atoms with Gasteiger partial charge in [-0.2, -0.15) is 0 Å². The fourth-order valence-electron chi connectivity index (χ4n) is 2.32. The standard InChI is InChI=1S/C9H15N/c10-6-9-5-7-1-3-8(9)4-2-7/h1,3,7-9H,2,4-6,10H2/t7-,8+,9-/m1/s1. The van der Waals surface area contributed by atoms with E-state index in [2.05, 4.69) is 12.2 Å². The van der Waals surface area contributed by atoms with Gasteiger partial charge in [-0.15, -0.1) is 0 Å². The van der Waals surface area contributed by atoms with Gasteiger partial charge in [-0.25, -0.2) is 0 Å². The summed E-state index contributed by atoms with van der Waals surface area (Å²) in [6.45, 7) is 0.894. The molecule has 0 unspecified atom stereocenters. The van der Waals surface area contributed by atoms with Crippen LogP contribution in [0.25, 0.3) is 0 Å². The molecule has 3 rings (SSSR count). The van der Waals surface area contributed by atoms with Gasteiger partial charge < -0.3 is 5.73 Å². The van der Waals surface area contributed by atoms with Crippen molar-refractivity contribution in [2.45, 2.75) is 19.3 Å². The van der Waals surface area contributed by atoms with Crippen molar-refractivity contribution in [2.24, 2.45) is 23.5 Å². The second kappa shape index (κ2) is 2.39. The number of hydrogen-bond donors (Lipinski definition) is 1. The maximum Gasteiger partial charge on any atom is -0.00430 e. The van der Waals surface area contributed by atoms with Crippen molar-refractivity contribution in [3.8, 4) is 0 Å². The topological polar surface area (TPSA) is 26.0 Å². The molecule has 0 radical (unpaired) electrons. The lowest BCUT2D eigenvalue weighted by atomic mass is 9.69. The van der Waals surface area contributed by atoms with Gasteiger partial charge in [0.25, 0.3) is 0 Å². The Kier molecular flexibility index (Phi) is 1.53. The molecule has 1 fully saturated rings. The van der Waals surface area contributed by atoms with Crippen LogP contribution in [0.1, 0.15) is 19.3 Å². The SMILES string of the molecule is NC[C@H]1C[C@@H]2C=C[C@H]1CC2. The van der Waals surface area contributed by atoms with Crippen LogP contribution in [0.5, 0.6) is 0 Å². The van der Waals surface area contributed by atoms with Gasteiger partial charge in [0.15, 0.2) is 0 Å². The van der Waals surface area contributed by atoms with Crippen molar-refractivity contribution in [2.75, 3.05) is 6.54 Å². The van der Waals surface area contributed by atoms with E-state index in [4.69, 9.17) is 5.73 Å². The summed E-state index contributed by atoms with van der Waals surface area (Å²) in [6.07, 6.45) is 8.94. The van der Waals surface area contributed by atoms with Crippen LogP contribution in [-0.4, -0.2) is 6.54 Å². The summed E-state index contributed by atoms with van der Waals surface area (Å²) in [7, 11) is 0. The highest BCUT2D eigenvalue weighted by molar-refractivity contribution is 5.06. The molecule has 1 heteroatoms. The van der Waals surface area contributed by atoms with Crippen molar-refractivity contribution in [3.63, 3.8) is 0 Å². The zero-order chi connectivity index (χ0) is 6.97. The van der Waals surface area contributed by atoms with E-state index in [0.717, 1.165) is 24.3 Å². The minimum absolute atomic E-state index is 0.809. The maximum absolute atomic E-state index is 5.66. The molecule has 10 heavy (non-hydrogen) atoms. The lowest BCUT2D eigenvalue weighted by Crippen LogP contribution is -2.32. The third-order valence-corrected chi connectivity index (χ3v) is 3.02.